The first kappa shape index (κ1) is 8.78. The molecule has 0 radical (unpaired) electrons. The molecule has 1 aromatic rings. The molecule has 1 aliphatic rings. The Balaban J connectivity index is 2.16. The predicted octanol–water partition coefficient (Wildman–Crippen LogP) is 1.77. The Hall–Kier alpha value is -0.800. The van der Waals surface area contributed by atoms with Crippen LogP contribution in [0.25, 0.3) is 0 Å². The Morgan fingerprint density at radius 1 is 1.54 bits per heavy atom. The van der Waals surface area contributed by atoms with Crippen LogP contribution in [0, 0.1) is 0 Å². The minimum Gasteiger partial charge on any atom is -0.367 e. The van der Waals surface area contributed by atoms with E-state index in [1.54, 1.807) is 0 Å². The SMILES string of the molecule is NCc1nc(NC2CC2)ccc1Cl. The monoisotopic (exact) mass is 197 g/mol. The van der Waals surface area contributed by atoms with Crippen LogP contribution in [0.4, 0.5) is 5.82 Å². The molecule has 0 unspecified atom stereocenters. The van der Waals surface area contributed by atoms with E-state index in [1.807, 2.05) is 12.1 Å². The van der Waals surface area contributed by atoms with Crippen LogP contribution in [0.5, 0.6) is 0 Å². The van der Waals surface area contributed by atoms with E-state index in [2.05, 4.69) is 10.3 Å². The van der Waals surface area contributed by atoms with E-state index in [4.69, 9.17) is 17.3 Å². The van der Waals surface area contributed by atoms with Crippen molar-refractivity contribution in [3.05, 3.63) is 22.8 Å². The number of halogens is 1. The van der Waals surface area contributed by atoms with Gasteiger partial charge in [-0.15, -0.1) is 0 Å². The third-order valence-electron chi connectivity index (χ3n) is 2.04. The van der Waals surface area contributed by atoms with Crippen LogP contribution in [-0.2, 0) is 6.54 Å². The van der Waals surface area contributed by atoms with Crippen LogP contribution in [0.15, 0.2) is 12.1 Å². The molecule has 2 rings (SSSR count). The molecule has 1 aromatic heterocycles. The lowest BCUT2D eigenvalue weighted by Gasteiger charge is -2.06. The molecule has 0 spiro atoms. The topological polar surface area (TPSA) is 50.9 Å². The van der Waals surface area contributed by atoms with Gasteiger partial charge in [0.2, 0.25) is 0 Å². The second kappa shape index (κ2) is 3.52. The summed E-state index contributed by atoms with van der Waals surface area (Å²) in [6.45, 7) is 0.388. The molecule has 3 N–H and O–H groups in total. The number of aromatic nitrogens is 1. The van der Waals surface area contributed by atoms with E-state index < -0.39 is 0 Å². The number of anilines is 1. The maximum absolute atomic E-state index is 5.88. The standard InChI is InChI=1S/C9H12ClN3/c10-7-3-4-9(12-6-1-2-6)13-8(7)5-11/h3-4,6H,1-2,5,11H2,(H,12,13). The van der Waals surface area contributed by atoms with Crippen LogP contribution in [0.2, 0.25) is 5.02 Å². The van der Waals surface area contributed by atoms with Gasteiger partial charge in [0.1, 0.15) is 5.82 Å². The highest BCUT2D eigenvalue weighted by Crippen LogP contribution is 2.24. The van der Waals surface area contributed by atoms with Gasteiger partial charge >= 0.3 is 0 Å². The fraction of sp³-hybridized carbons (Fsp3) is 0.444. The van der Waals surface area contributed by atoms with Gasteiger partial charge in [-0.2, -0.15) is 0 Å². The summed E-state index contributed by atoms with van der Waals surface area (Å²) in [6, 6.07) is 4.33. The molecule has 1 aliphatic carbocycles. The van der Waals surface area contributed by atoms with Gasteiger partial charge in [0, 0.05) is 12.6 Å². The van der Waals surface area contributed by atoms with E-state index in [0.717, 1.165) is 11.5 Å². The molecule has 13 heavy (non-hydrogen) atoms. The summed E-state index contributed by atoms with van der Waals surface area (Å²) in [7, 11) is 0. The number of nitrogens with two attached hydrogens (primary N) is 1. The molecule has 0 aromatic carbocycles. The summed E-state index contributed by atoms with van der Waals surface area (Å²) < 4.78 is 0. The van der Waals surface area contributed by atoms with Crippen LogP contribution >= 0.6 is 11.6 Å². The second-order valence-corrected chi connectivity index (χ2v) is 3.65. The summed E-state index contributed by atoms with van der Waals surface area (Å²) in [5, 5.41) is 3.93. The van der Waals surface area contributed by atoms with Gasteiger partial charge in [0.25, 0.3) is 0 Å². The van der Waals surface area contributed by atoms with Crippen LogP contribution < -0.4 is 11.1 Å². The third-order valence-corrected chi connectivity index (χ3v) is 2.39. The lowest BCUT2D eigenvalue weighted by molar-refractivity contribution is 0.980. The molecule has 70 valence electrons. The Morgan fingerprint density at radius 2 is 2.31 bits per heavy atom. The first-order valence-electron chi connectivity index (χ1n) is 4.41. The Morgan fingerprint density at radius 3 is 2.92 bits per heavy atom. The average Bonchev–Trinajstić information content (AvgIpc) is 2.92. The fourth-order valence-electron chi connectivity index (χ4n) is 1.14. The molecule has 0 aliphatic heterocycles. The molecule has 0 saturated heterocycles. The van der Waals surface area contributed by atoms with E-state index >= 15 is 0 Å². The van der Waals surface area contributed by atoms with Gasteiger partial charge in [-0.1, -0.05) is 11.6 Å². The Kier molecular flexibility index (Phi) is 2.38. The maximum atomic E-state index is 5.88. The first-order chi connectivity index (χ1) is 6.29. The zero-order valence-electron chi connectivity index (χ0n) is 7.26. The normalized spacial score (nSPS) is 15.8. The van der Waals surface area contributed by atoms with Crippen molar-refractivity contribution >= 4 is 17.4 Å². The van der Waals surface area contributed by atoms with Gasteiger partial charge < -0.3 is 11.1 Å². The molecule has 1 fully saturated rings. The average molecular weight is 198 g/mol. The molecule has 0 bridgehead atoms. The number of rotatable bonds is 3. The Labute approximate surface area is 82.3 Å². The quantitative estimate of drug-likeness (QED) is 0.777. The minimum absolute atomic E-state index is 0.388. The highest BCUT2D eigenvalue weighted by Gasteiger charge is 2.21. The fourth-order valence-corrected chi connectivity index (χ4v) is 1.33. The number of nitrogens with one attached hydrogen (secondary N) is 1. The van der Waals surface area contributed by atoms with Crippen molar-refractivity contribution < 1.29 is 0 Å². The Bertz CT molecular complexity index is 310. The van der Waals surface area contributed by atoms with Crippen molar-refractivity contribution in [2.24, 2.45) is 5.73 Å². The number of hydrogen-bond donors (Lipinski definition) is 2. The molecule has 1 saturated carbocycles. The van der Waals surface area contributed by atoms with Crippen molar-refractivity contribution in [3.8, 4) is 0 Å². The largest absolute Gasteiger partial charge is 0.367 e. The second-order valence-electron chi connectivity index (χ2n) is 3.25. The number of nitrogens with zero attached hydrogens (tertiary/aromatic N) is 1. The van der Waals surface area contributed by atoms with Gasteiger partial charge in [-0.25, -0.2) is 4.98 Å². The lowest BCUT2D eigenvalue weighted by atomic mass is 10.3. The van der Waals surface area contributed by atoms with E-state index in [0.29, 0.717) is 17.6 Å². The van der Waals surface area contributed by atoms with E-state index in [9.17, 15) is 0 Å². The minimum atomic E-state index is 0.388. The van der Waals surface area contributed by atoms with Crippen molar-refractivity contribution in [1.29, 1.82) is 0 Å². The summed E-state index contributed by atoms with van der Waals surface area (Å²) in [4.78, 5) is 4.30. The highest BCUT2D eigenvalue weighted by atomic mass is 35.5. The first-order valence-corrected chi connectivity index (χ1v) is 4.79. The molecule has 3 nitrogen and oxygen atoms in total. The molecule has 4 heteroatoms. The van der Waals surface area contributed by atoms with Gasteiger partial charge in [-0.05, 0) is 25.0 Å². The number of pyridine rings is 1. The zero-order chi connectivity index (χ0) is 9.26. The maximum Gasteiger partial charge on any atom is 0.126 e. The van der Waals surface area contributed by atoms with Gasteiger partial charge in [0.15, 0.2) is 0 Å². The van der Waals surface area contributed by atoms with Crippen molar-refractivity contribution in [2.75, 3.05) is 5.32 Å². The number of hydrogen-bond acceptors (Lipinski definition) is 3. The van der Waals surface area contributed by atoms with Gasteiger partial charge in [-0.3, -0.25) is 0 Å². The molecular weight excluding hydrogens is 186 g/mol. The van der Waals surface area contributed by atoms with Crippen molar-refractivity contribution in [2.45, 2.75) is 25.4 Å². The summed E-state index contributed by atoms with van der Waals surface area (Å²) in [5.41, 5.74) is 6.25. The highest BCUT2D eigenvalue weighted by molar-refractivity contribution is 6.31. The smallest absolute Gasteiger partial charge is 0.126 e. The predicted molar refractivity (Wildman–Crippen MR) is 53.8 cm³/mol. The van der Waals surface area contributed by atoms with E-state index in [1.165, 1.54) is 12.8 Å². The van der Waals surface area contributed by atoms with Crippen LogP contribution in [-0.4, -0.2) is 11.0 Å². The van der Waals surface area contributed by atoms with E-state index in [-0.39, 0.29) is 0 Å². The summed E-state index contributed by atoms with van der Waals surface area (Å²) in [6.07, 6.45) is 2.48. The third kappa shape index (κ3) is 2.11. The van der Waals surface area contributed by atoms with Crippen LogP contribution in [0.3, 0.4) is 0 Å². The summed E-state index contributed by atoms with van der Waals surface area (Å²) >= 11 is 5.88. The van der Waals surface area contributed by atoms with Crippen molar-refractivity contribution in [3.63, 3.8) is 0 Å². The molecule has 0 amide bonds. The van der Waals surface area contributed by atoms with Gasteiger partial charge in [0.05, 0.1) is 10.7 Å². The zero-order valence-corrected chi connectivity index (χ0v) is 8.01. The summed E-state index contributed by atoms with van der Waals surface area (Å²) in [5.74, 6) is 0.882. The lowest BCUT2D eigenvalue weighted by Crippen LogP contribution is -2.06. The molecular formula is C9H12ClN3. The van der Waals surface area contributed by atoms with Crippen molar-refractivity contribution in [1.82, 2.24) is 4.98 Å². The molecule has 0 atom stereocenters. The van der Waals surface area contributed by atoms with Crippen LogP contribution in [0.1, 0.15) is 18.5 Å². The molecule has 1 heterocycles.